The number of carbonyl (C=O) groups excluding carboxylic acids is 1. The number of piperidine rings is 1. The Balaban J connectivity index is 1.87. The lowest BCUT2D eigenvalue weighted by Crippen LogP contribution is -2.46. The summed E-state index contributed by atoms with van der Waals surface area (Å²) in [6.45, 7) is 5.80. The SMILES string of the molecule is C[C@@H]1CCCN(CCCNC(=O)CN(c2ccccc2)S(=O)(=O)N(C)C)C1. The van der Waals surface area contributed by atoms with Gasteiger partial charge in [0.2, 0.25) is 5.91 Å². The number of amides is 1. The van der Waals surface area contributed by atoms with Gasteiger partial charge in [-0.2, -0.15) is 12.7 Å². The second-order valence-corrected chi connectivity index (χ2v) is 9.45. The second kappa shape index (κ2) is 10.1. The van der Waals surface area contributed by atoms with Gasteiger partial charge in [-0.1, -0.05) is 25.1 Å². The van der Waals surface area contributed by atoms with Gasteiger partial charge < -0.3 is 10.2 Å². The number of hydrogen-bond acceptors (Lipinski definition) is 4. The second-order valence-electron chi connectivity index (χ2n) is 7.38. The number of benzene rings is 1. The van der Waals surface area contributed by atoms with Crippen molar-refractivity contribution in [2.45, 2.75) is 26.2 Å². The van der Waals surface area contributed by atoms with Crippen molar-refractivity contribution in [1.29, 1.82) is 0 Å². The van der Waals surface area contributed by atoms with Crippen molar-refractivity contribution in [3.63, 3.8) is 0 Å². The number of carbonyl (C=O) groups is 1. The summed E-state index contributed by atoms with van der Waals surface area (Å²) in [5, 5.41) is 2.85. The van der Waals surface area contributed by atoms with E-state index in [0.29, 0.717) is 12.2 Å². The van der Waals surface area contributed by atoms with Crippen LogP contribution in [0.5, 0.6) is 0 Å². The van der Waals surface area contributed by atoms with Crippen molar-refractivity contribution >= 4 is 21.8 Å². The Labute approximate surface area is 163 Å². The smallest absolute Gasteiger partial charge is 0.304 e. The molecule has 1 amide bonds. The lowest BCUT2D eigenvalue weighted by Gasteiger charge is -2.30. The van der Waals surface area contributed by atoms with Crippen LogP contribution in [0.4, 0.5) is 5.69 Å². The largest absolute Gasteiger partial charge is 0.354 e. The van der Waals surface area contributed by atoms with Crippen LogP contribution in [-0.4, -0.2) is 70.3 Å². The van der Waals surface area contributed by atoms with Gasteiger partial charge in [-0.15, -0.1) is 0 Å². The third kappa shape index (κ3) is 6.48. The van der Waals surface area contributed by atoms with Gasteiger partial charge in [0.25, 0.3) is 0 Å². The van der Waals surface area contributed by atoms with E-state index >= 15 is 0 Å². The van der Waals surface area contributed by atoms with Crippen molar-refractivity contribution in [3.05, 3.63) is 30.3 Å². The van der Waals surface area contributed by atoms with Crippen LogP contribution in [0.1, 0.15) is 26.2 Å². The Bertz CT molecular complexity index is 694. The Kier molecular flexibility index (Phi) is 8.07. The van der Waals surface area contributed by atoms with E-state index in [1.807, 2.05) is 6.07 Å². The van der Waals surface area contributed by atoms with Gasteiger partial charge in [0.1, 0.15) is 6.54 Å². The first kappa shape index (κ1) is 21.7. The lowest BCUT2D eigenvalue weighted by atomic mass is 10.0. The van der Waals surface area contributed by atoms with Crippen LogP contribution in [0, 0.1) is 5.92 Å². The molecular formula is C19H32N4O3S. The summed E-state index contributed by atoms with van der Waals surface area (Å²) in [5.41, 5.74) is 0.476. The fourth-order valence-corrected chi connectivity index (χ4v) is 4.37. The molecule has 1 aliphatic rings. The van der Waals surface area contributed by atoms with E-state index in [4.69, 9.17) is 0 Å². The molecule has 0 spiro atoms. The van der Waals surface area contributed by atoms with Crippen molar-refractivity contribution < 1.29 is 13.2 Å². The molecule has 1 saturated heterocycles. The number of rotatable bonds is 9. The van der Waals surface area contributed by atoms with Crippen molar-refractivity contribution in [2.24, 2.45) is 5.92 Å². The van der Waals surface area contributed by atoms with Crippen LogP contribution in [-0.2, 0) is 15.0 Å². The first-order chi connectivity index (χ1) is 12.8. The number of hydrogen-bond donors (Lipinski definition) is 1. The van der Waals surface area contributed by atoms with E-state index in [1.54, 1.807) is 24.3 Å². The quantitative estimate of drug-likeness (QED) is 0.643. The van der Waals surface area contributed by atoms with Crippen LogP contribution in [0.3, 0.4) is 0 Å². The molecule has 1 N–H and O–H groups in total. The van der Waals surface area contributed by atoms with Gasteiger partial charge in [-0.25, -0.2) is 4.31 Å². The topological polar surface area (TPSA) is 73.0 Å². The summed E-state index contributed by atoms with van der Waals surface area (Å²) in [6.07, 6.45) is 3.40. The monoisotopic (exact) mass is 396 g/mol. The maximum Gasteiger partial charge on any atom is 0.304 e. The summed E-state index contributed by atoms with van der Waals surface area (Å²) in [7, 11) is -0.821. The molecule has 1 fully saturated rings. The molecule has 1 aromatic rings. The summed E-state index contributed by atoms with van der Waals surface area (Å²) >= 11 is 0. The molecule has 7 nitrogen and oxygen atoms in total. The highest BCUT2D eigenvalue weighted by atomic mass is 32.2. The number of nitrogens with zero attached hydrogens (tertiary/aromatic N) is 3. The fourth-order valence-electron chi connectivity index (χ4n) is 3.30. The van der Waals surface area contributed by atoms with E-state index in [0.717, 1.165) is 40.6 Å². The number of anilines is 1. The molecule has 8 heteroatoms. The van der Waals surface area contributed by atoms with Gasteiger partial charge in [0.05, 0.1) is 5.69 Å². The zero-order chi connectivity index (χ0) is 19.9. The van der Waals surface area contributed by atoms with Crippen molar-refractivity contribution in [2.75, 3.05) is 51.1 Å². The molecule has 1 atom stereocenters. The number of likely N-dealkylation sites (tertiary alicyclic amines) is 1. The maximum absolute atomic E-state index is 12.6. The molecule has 0 bridgehead atoms. The molecular weight excluding hydrogens is 364 g/mol. The van der Waals surface area contributed by atoms with E-state index in [-0.39, 0.29) is 12.5 Å². The van der Waals surface area contributed by atoms with Crippen LogP contribution in [0.2, 0.25) is 0 Å². The minimum absolute atomic E-state index is 0.231. The summed E-state index contributed by atoms with van der Waals surface area (Å²) in [6, 6.07) is 8.69. The Morgan fingerprint density at radius 2 is 1.96 bits per heavy atom. The Morgan fingerprint density at radius 3 is 2.59 bits per heavy atom. The molecule has 0 aliphatic carbocycles. The lowest BCUT2D eigenvalue weighted by molar-refractivity contribution is -0.119. The number of para-hydroxylation sites is 1. The maximum atomic E-state index is 12.6. The highest BCUT2D eigenvalue weighted by Crippen LogP contribution is 2.18. The van der Waals surface area contributed by atoms with Gasteiger partial charge in [0.15, 0.2) is 0 Å². The van der Waals surface area contributed by atoms with Gasteiger partial charge in [0, 0.05) is 27.2 Å². The molecule has 1 heterocycles. The van der Waals surface area contributed by atoms with Crippen molar-refractivity contribution in [1.82, 2.24) is 14.5 Å². The third-order valence-corrected chi connectivity index (χ3v) is 6.61. The van der Waals surface area contributed by atoms with E-state index in [1.165, 1.54) is 26.9 Å². The molecule has 0 unspecified atom stereocenters. The third-order valence-electron chi connectivity index (χ3n) is 4.79. The molecule has 1 aromatic carbocycles. The molecule has 0 radical (unpaired) electrons. The van der Waals surface area contributed by atoms with Gasteiger partial charge in [-0.3, -0.25) is 4.79 Å². The van der Waals surface area contributed by atoms with Crippen LogP contribution < -0.4 is 9.62 Å². The summed E-state index contributed by atoms with van der Waals surface area (Å²) in [4.78, 5) is 14.8. The summed E-state index contributed by atoms with van der Waals surface area (Å²) < 4.78 is 27.4. The Morgan fingerprint density at radius 1 is 1.26 bits per heavy atom. The average molecular weight is 397 g/mol. The standard InChI is InChI=1S/C19H32N4O3S/c1-17-9-7-13-22(15-17)14-8-12-20-19(24)16-23(27(25,26)21(2)3)18-10-5-4-6-11-18/h4-6,10-11,17H,7-9,12-16H2,1-3H3,(H,20,24)/t17-/m1/s1. The minimum atomic E-state index is -3.74. The van der Waals surface area contributed by atoms with Crippen LogP contribution in [0.15, 0.2) is 30.3 Å². The Hall–Kier alpha value is -1.64. The van der Waals surface area contributed by atoms with Crippen LogP contribution in [0.25, 0.3) is 0 Å². The predicted octanol–water partition coefficient (Wildman–Crippen LogP) is 1.54. The van der Waals surface area contributed by atoms with E-state index < -0.39 is 10.2 Å². The predicted molar refractivity (Wildman–Crippen MR) is 109 cm³/mol. The van der Waals surface area contributed by atoms with E-state index in [2.05, 4.69) is 17.1 Å². The highest BCUT2D eigenvalue weighted by molar-refractivity contribution is 7.90. The highest BCUT2D eigenvalue weighted by Gasteiger charge is 2.27. The normalized spacial score (nSPS) is 18.4. The summed E-state index contributed by atoms with van der Waals surface area (Å²) in [5.74, 6) is 0.445. The van der Waals surface area contributed by atoms with Gasteiger partial charge >= 0.3 is 10.2 Å². The van der Waals surface area contributed by atoms with Crippen molar-refractivity contribution in [3.8, 4) is 0 Å². The van der Waals surface area contributed by atoms with Gasteiger partial charge in [-0.05, 0) is 50.4 Å². The number of nitrogens with one attached hydrogen (secondary N) is 1. The fraction of sp³-hybridized carbons (Fsp3) is 0.632. The molecule has 0 saturated carbocycles. The molecule has 0 aromatic heterocycles. The van der Waals surface area contributed by atoms with E-state index in [9.17, 15) is 13.2 Å². The first-order valence-corrected chi connectivity index (χ1v) is 10.9. The molecule has 152 valence electrons. The minimum Gasteiger partial charge on any atom is -0.354 e. The van der Waals surface area contributed by atoms with Crippen LogP contribution >= 0.6 is 0 Å². The molecule has 1 aliphatic heterocycles. The zero-order valence-corrected chi connectivity index (χ0v) is 17.4. The zero-order valence-electron chi connectivity index (χ0n) is 16.6. The molecule has 2 rings (SSSR count). The average Bonchev–Trinajstić information content (AvgIpc) is 2.64. The molecule has 27 heavy (non-hydrogen) atoms. The first-order valence-electron chi connectivity index (χ1n) is 9.55.